The van der Waals surface area contributed by atoms with Crippen LogP contribution >= 0.6 is 0 Å². The highest BCUT2D eigenvalue weighted by atomic mass is 16.1. The molecule has 0 bridgehead atoms. The molecule has 0 saturated carbocycles. The number of aromatic nitrogens is 2. The Morgan fingerprint density at radius 1 is 1.64 bits per heavy atom. The number of aryl methyl sites for hydroxylation is 1. The van der Waals surface area contributed by atoms with Crippen LogP contribution in [0.2, 0.25) is 0 Å². The molecule has 0 spiro atoms. The number of rotatable bonds is 1. The lowest BCUT2D eigenvalue weighted by molar-refractivity contribution is 0.406. The van der Waals surface area contributed by atoms with Crippen molar-refractivity contribution in [3.8, 4) is 0 Å². The van der Waals surface area contributed by atoms with Crippen molar-refractivity contribution in [3.05, 3.63) is 22.4 Å². The van der Waals surface area contributed by atoms with Gasteiger partial charge >= 0.3 is 0 Å². The van der Waals surface area contributed by atoms with Crippen LogP contribution in [0.3, 0.4) is 0 Å². The molecule has 1 aliphatic rings. The van der Waals surface area contributed by atoms with E-state index in [1.165, 1.54) is 0 Å². The second-order valence-corrected chi connectivity index (χ2v) is 3.75. The highest BCUT2D eigenvalue weighted by Crippen LogP contribution is 2.21. The fourth-order valence-corrected chi connectivity index (χ4v) is 2.00. The molecule has 0 radical (unpaired) electrons. The van der Waals surface area contributed by atoms with Gasteiger partial charge in [0.2, 0.25) is 0 Å². The zero-order valence-electron chi connectivity index (χ0n) is 8.58. The zero-order valence-corrected chi connectivity index (χ0v) is 8.58. The van der Waals surface area contributed by atoms with Gasteiger partial charge in [-0.1, -0.05) is 0 Å². The molecule has 1 aromatic heterocycles. The van der Waals surface area contributed by atoms with Gasteiger partial charge in [0, 0.05) is 19.5 Å². The minimum absolute atomic E-state index is 0.0599. The van der Waals surface area contributed by atoms with E-state index in [0.29, 0.717) is 5.69 Å². The summed E-state index contributed by atoms with van der Waals surface area (Å²) in [7, 11) is 1.75. The van der Waals surface area contributed by atoms with Crippen LogP contribution in [0.4, 0.5) is 5.69 Å². The number of hydrogen-bond donors (Lipinski definition) is 1. The molecule has 0 amide bonds. The van der Waals surface area contributed by atoms with Gasteiger partial charge in [0.1, 0.15) is 11.5 Å². The summed E-state index contributed by atoms with van der Waals surface area (Å²) in [6.07, 6.45) is 4.75. The average Bonchev–Trinajstić information content (AvgIpc) is 2.18. The number of hydrogen-bond acceptors (Lipinski definition) is 3. The third-order valence-electron chi connectivity index (χ3n) is 2.80. The van der Waals surface area contributed by atoms with Crippen molar-refractivity contribution in [2.45, 2.75) is 32.2 Å². The lowest BCUT2D eigenvalue weighted by Crippen LogP contribution is -2.32. The zero-order chi connectivity index (χ0) is 10.1. The van der Waals surface area contributed by atoms with Crippen molar-refractivity contribution in [2.75, 3.05) is 12.4 Å². The molecule has 4 heteroatoms. The van der Waals surface area contributed by atoms with E-state index in [1.54, 1.807) is 13.2 Å². The van der Waals surface area contributed by atoms with Crippen LogP contribution in [0.15, 0.2) is 11.0 Å². The van der Waals surface area contributed by atoms with Gasteiger partial charge in [0.25, 0.3) is 5.56 Å². The van der Waals surface area contributed by atoms with Gasteiger partial charge in [0.05, 0.1) is 6.20 Å². The lowest BCUT2D eigenvalue weighted by Gasteiger charge is -2.24. The Morgan fingerprint density at radius 2 is 2.43 bits per heavy atom. The largest absolute Gasteiger partial charge is 0.382 e. The smallest absolute Gasteiger partial charge is 0.277 e. The van der Waals surface area contributed by atoms with E-state index in [4.69, 9.17) is 0 Å². The molecule has 4 nitrogen and oxygen atoms in total. The maximum Gasteiger partial charge on any atom is 0.277 e. The van der Waals surface area contributed by atoms with E-state index in [2.05, 4.69) is 17.2 Å². The Bertz CT molecular complexity index is 397. The Morgan fingerprint density at radius 3 is 3.14 bits per heavy atom. The summed E-state index contributed by atoms with van der Waals surface area (Å²) in [6, 6.07) is 0.284. The summed E-state index contributed by atoms with van der Waals surface area (Å²) in [4.78, 5) is 16.2. The SMILES string of the molecule is CNc1cnc2n(c1=O)C(C)CCC2. The minimum atomic E-state index is 0.0599. The maximum atomic E-state index is 11.9. The second-order valence-electron chi connectivity index (χ2n) is 3.75. The number of nitrogens with zero attached hydrogens (tertiary/aromatic N) is 2. The van der Waals surface area contributed by atoms with Gasteiger partial charge in [-0.05, 0) is 19.8 Å². The first-order chi connectivity index (χ1) is 6.74. The van der Waals surface area contributed by atoms with E-state index >= 15 is 0 Å². The van der Waals surface area contributed by atoms with Gasteiger partial charge < -0.3 is 5.32 Å². The van der Waals surface area contributed by atoms with Crippen LogP contribution in [-0.2, 0) is 6.42 Å². The van der Waals surface area contributed by atoms with Gasteiger partial charge in [-0.3, -0.25) is 9.36 Å². The summed E-state index contributed by atoms with van der Waals surface area (Å²) in [6.45, 7) is 2.07. The molecule has 1 unspecified atom stereocenters. The molecule has 2 rings (SSSR count). The minimum Gasteiger partial charge on any atom is -0.382 e. The van der Waals surface area contributed by atoms with Gasteiger partial charge in [-0.25, -0.2) is 4.98 Å². The van der Waals surface area contributed by atoms with Crippen molar-refractivity contribution in [1.82, 2.24) is 9.55 Å². The van der Waals surface area contributed by atoms with Crippen LogP contribution in [0, 0.1) is 0 Å². The number of anilines is 1. The predicted molar refractivity (Wildman–Crippen MR) is 55.7 cm³/mol. The molecular weight excluding hydrogens is 178 g/mol. The van der Waals surface area contributed by atoms with E-state index in [-0.39, 0.29) is 11.6 Å². The normalized spacial score (nSPS) is 20.3. The monoisotopic (exact) mass is 193 g/mol. The molecule has 0 aliphatic carbocycles. The van der Waals surface area contributed by atoms with E-state index in [0.717, 1.165) is 25.1 Å². The van der Waals surface area contributed by atoms with E-state index < -0.39 is 0 Å². The first kappa shape index (κ1) is 9.24. The molecule has 76 valence electrons. The maximum absolute atomic E-state index is 11.9. The summed E-state index contributed by atoms with van der Waals surface area (Å²) in [5, 5.41) is 2.87. The van der Waals surface area contributed by atoms with Gasteiger partial charge in [0.15, 0.2) is 0 Å². The Hall–Kier alpha value is -1.32. The molecule has 1 aromatic rings. The van der Waals surface area contributed by atoms with Crippen molar-refractivity contribution in [2.24, 2.45) is 0 Å². The van der Waals surface area contributed by atoms with Crippen LogP contribution < -0.4 is 10.9 Å². The van der Waals surface area contributed by atoms with E-state index in [9.17, 15) is 4.79 Å². The molecule has 1 atom stereocenters. The lowest BCUT2D eigenvalue weighted by atomic mass is 10.1. The third-order valence-corrected chi connectivity index (χ3v) is 2.80. The molecule has 2 heterocycles. The molecule has 0 saturated heterocycles. The highest BCUT2D eigenvalue weighted by molar-refractivity contribution is 5.37. The summed E-state index contributed by atoms with van der Waals surface area (Å²) < 4.78 is 1.81. The molecule has 14 heavy (non-hydrogen) atoms. The molecule has 1 aliphatic heterocycles. The number of nitrogens with one attached hydrogen (secondary N) is 1. The molecule has 0 aromatic carbocycles. The van der Waals surface area contributed by atoms with Crippen molar-refractivity contribution >= 4 is 5.69 Å². The Balaban J connectivity index is 2.60. The fraction of sp³-hybridized carbons (Fsp3) is 0.600. The summed E-state index contributed by atoms with van der Waals surface area (Å²) >= 11 is 0. The summed E-state index contributed by atoms with van der Waals surface area (Å²) in [5.41, 5.74) is 0.646. The van der Waals surface area contributed by atoms with Crippen molar-refractivity contribution in [1.29, 1.82) is 0 Å². The van der Waals surface area contributed by atoms with Crippen LogP contribution in [0.25, 0.3) is 0 Å². The first-order valence-electron chi connectivity index (χ1n) is 5.02. The van der Waals surface area contributed by atoms with Crippen molar-refractivity contribution < 1.29 is 0 Å². The topological polar surface area (TPSA) is 46.9 Å². The van der Waals surface area contributed by atoms with Gasteiger partial charge in [-0.2, -0.15) is 0 Å². The number of fused-ring (bicyclic) bond motifs is 1. The fourth-order valence-electron chi connectivity index (χ4n) is 2.00. The van der Waals surface area contributed by atoms with Crippen molar-refractivity contribution in [3.63, 3.8) is 0 Å². The average molecular weight is 193 g/mol. The van der Waals surface area contributed by atoms with Crippen LogP contribution in [-0.4, -0.2) is 16.6 Å². The summed E-state index contributed by atoms with van der Waals surface area (Å²) in [5.74, 6) is 0.924. The van der Waals surface area contributed by atoms with E-state index in [1.807, 2.05) is 4.57 Å². The standard InChI is InChI=1S/C10H15N3O/c1-7-4-3-5-9-12-6-8(11-2)10(14)13(7)9/h6-7,11H,3-5H2,1-2H3. The third kappa shape index (κ3) is 1.31. The molecule has 0 fully saturated rings. The Kier molecular flexibility index (Phi) is 2.27. The highest BCUT2D eigenvalue weighted by Gasteiger charge is 2.18. The second kappa shape index (κ2) is 3.44. The quantitative estimate of drug-likeness (QED) is 0.728. The van der Waals surface area contributed by atoms with Crippen LogP contribution in [0.1, 0.15) is 31.6 Å². The Labute approximate surface area is 83.0 Å². The predicted octanol–water partition coefficient (Wildman–Crippen LogP) is 1.18. The first-order valence-corrected chi connectivity index (χ1v) is 5.02. The van der Waals surface area contributed by atoms with Crippen LogP contribution in [0.5, 0.6) is 0 Å². The molecule has 1 N–H and O–H groups in total. The molecular formula is C10H15N3O. The van der Waals surface area contributed by atoms with Gasteiger partial charge in [-0.15, -0.1) is 0 Å².